The second-order valence-corrected chi connectivity index (χ2v) is 5.79. The quantitative estimate of drug-likeness (QED) is 0.892. The van der Waals surface area contributed by atoms with Gasteiger partial charge in [0.05, 0.1) is 29.5 Å². The maximum absolute atomic E-state index is 13.0. The van der Waals surface area contributed by atoms with Crippen molar-refractivity contribution < 1.29 is 27.9 Å². The van der Waals surface area contributed by atoms with Gasteiger partial charge in [0.25, 0.3) is 0 Å². The van der Waals surface area contributed by atoms with Gasteiger partial charge in [0, 0.05) is 18.5 Å². The van der Waals surface area contributed by atoms with Crippen LogP contribution in [-0.4, -0.2) is 51.3 Å². The minimum Gasteiger partial charge on any atom is -0.481 e. The highest BCUT2D eigenvalue weighted by atomic mass is 19.4. The van der Waals surface area contributed by atoms with Gasteiger partial charge in [0.1, 0.15) is 0 Å². The molecule has 128 valence electrons. The Kier molecular flexibility index (Phi) is 3.94. The van der Waals surface area contributed by atoms with E-state index in [0.29, 0.717) is 16.6 Å². The van der Waals surface area contributed by atoms with Crippen LogP contribution in [0, 0.1) is 11.8 Å². The molecule has 1 aliphatic rings. The number of aliphatic carboxylic acids is 1. The summed E-state index contributed by atoms with van der Waals surface area (Å²) in [4.78, 5) is 24.3. The molecule has 0 spiro atoms. The number of carboxylic acids is 1. The lowest BCUT2D eigenvalue weighted by Crippen LogP contribution is -2.34. The highest BCUT2D eigenvalue weighted by Crippen LogP contribution is 2.38. The van der Waals surface area contributed by atoms with Crippen molar-refractivity contribution in [3.8, 4) is 0 Å². The Morgan fingerprint density at radius 1 is 1.29 bits per heavy atom. The number of nitrogens with zero attached hydrogens (tertiary/aromatic N) is 2. The lowest BCUT2D eigenvalue weighted by molar-refractivity contribution is -0.188. The molecule has 1 aliphatic heterocycles. The number of likely N-dealkylation sites (tertiary alicyclic amines) is 1. The molecular formula is C15H14F3N3O3. The molecule has 9 heteroatoms. The van der Waals surface area contributed by atoms with Gasteiger partial charge in [-0.3, -0.25) is 14.7 Å². The van der Waals surface area contributed by atoms with Gasteiger partial charge in [0.15, 0.2) is 0 Å². The largest absolute Gasteiger partial charge is 0.481 e. The third-order valence-corrected chi connectivity index (χ3v) is 4.28. The highest BCUT2D eigenvalue weighted by molar-refractivity contribution is 5.87. The number of benzene rings is 1. The number of alkyl halides is 3. The summed E-state index contributed by atoms with van der Waals surface area (Å²) in [5.74, 6) is -5.77. The van der Waals surface area contributed by atoms with Crippen LogP contribution in [-0.2, 0) is 16.0 Å². The first-order chi connectivity index (χ1) is 11.3. The first kappa shape index (κ1) is 16.3. The first-order valence-electron chi connectivity index (χ1n) is 7.26. The third kappa shape index (κ3) is 2.93. The first-order valence-corrected chi connectivity index (χ1v) is 7.26. The smallest absolute Gasteiger partial charge is 0.394 e. The number of amides is 1. The molecule has 0 radical (unpaired) electrons. The molecule has 24 heavy (non-hydrogen) atoms. The van der Waals surface area contributed by atoms with E-state index in [0.717, 1.165) is 4.90 Å². The SMILES string of the molecule is O=C(O)[C@@H]1CN(C(=O)Cc2[nH]nc3ccccc23)C[C@H]1C(F)(F)F. The number of aromatic nitrogens is 2. The summed E-state index contributed by atoms with van der Waals surface area (Å²) in [7, 11) is 0. The molecule has 1 saturated heterocycles. The Morgan fingerprint density at radius 3 is 2.62 bits per heavy atom. The number of aromatic amines is 1. The molecule has 1 aromatic carbocycles. The molecule has 0 unspecified atom stereocenters. The number of carboxylic acid groups (broad SMARTS) is 1. The highest BCUT2D eigenvalue weighted by Gasteiger charge is 2.53. The molecule has 6 nitrogen and oxygen atoms in total. The van der Waals surface area contributed by atoms with E-state index in [-0.39, 0.29) is 6.42 Å². The molecule has 1 fully saturated rings. The van der Waals surface area contributed by atoms with Crippen molar-refractivity contribution in [3.05, 3.63) is 30.0 Å². The molecular weight excluding hydrogens is 327 g/mol. The lowest BCUT2D eigenvalue weighted by atomic mass is 9.96. The Balaban J connectivity index is 1.77. The number of para-hydroxylation sites is 1. The van der Waals surface area contributed by atoms with Gasteiger partial charge in [-0.2, -0.15) is 18.3 Å². The zero-order chi connectivity index (χ0) is 17.5. The molecule has 1 amide bonds. The number of carbonyl (C=O) groups is 2. The maximum atomic E-state index is 13.0. The maximum Gasteiger partial charge on any atom is 0.394 e. The zero-order valence-corrected chi connectivity index (χ0v) is 12.4. The molecule has 3 rings (SSSR count). The summed E-state index contributed by atoms with van der Waals surface area (Å²) in [5.41, 5.74) is 1.15. The number of carbonyl (C=O) groups excluding carboxylic acids is 1. The Hall–Kier alpha value is -2.58. The summed E-state index contributed by atoms with van der Waals surface area (Å²) in [6.07, 6.45) is -4.81. The molecule has 0 bridgehead atoms. The Bertz CT molecular complexity index is 787. The molecule has 1 aromatic heterocycles. The van der Waals surface area contributed by atoms with Crippen LogP contribution in [0.1, 0.15) is 5.69 Å². The summed E-state index contributed by atoms with van der Waals surface area (Å²) in [5, 5.41) is 16.4. The molecule has 2 heterocycles. The van der Waals surface area contributed by atoms with E-state index in [1.165, 1.54) is 0 Å². The van der Waals surface area contributed by atoms with Crippen molar-refractivity contribution in [3.63, 3.8) is 0 Å². The van der Waals surface area contributed by atoms with Crippen LogP contribution in [0.2, 0.25) is 0 Å². The normalized spacial score (nSPS) is 21.4. The van der Waals surface area contributed by atoms with Crippen molar-refractivity contribution >= 4 is 22.8 Å². The monoisotopic (exact) mass is 341 g/mol. The second kappa shape index (κ2) is 5.81. The van der Waals surface area contributed by atoms with Gasteiger partial charge < -0.3 is 10.0 Å². The van der Waals surface area contributed by atoms with Gasteiger partial charge in [-0.1, -0.05) is 18.2 Å². The van der Waals surface area contributed by atoms with Crippen LogP contribution in [0.3, 0.4) is 0 Å². The molecule has 2 atom stereocenters. The van der Waals surface area contributed by atoms with Crippen LogP contribution in [0.15, 0.2) is 24.3 Å². The predicted octanol–water partition coefficient (Wildman–Crippen LogP) is 1.83. The fourth-order valence-electron chi connectivity index (χ4n) is 3.00. The fourth-order valence-corrected chi connectivity index (χ4v) is 3.00. The number of rotatable bonds is 3. The lowest BCUT2D eigenvalue weighted by Gasteiger charge is -2.18. The van der Waals surface area contributed by atoms with Crippen LogP contribution in [0.5, 0.6) is 0 Å². The number of hydrogen-bond donors (Lipinski definition) is 2. The minimum absolute atomic E-state index is 0.155. The number of hydrogen-bond acceptors (Lipinski definition) is 3. The predicted molar refractivity (Wildman–Crippen MR) is 77.0 cm³/mol. The summed E-state index contributed by atoms with van der Waals surface area (Å²) in [6.45, 7) is -1.07. The van der Waals surface area contributed by atoms with E-state index in [2.05, 4.69) is 10.2 Å². The standard InChI is InChI=1S/C15H14F3N3O3/c16-15(17,18)10-7-21(6-9(10)14(23)24)13(22)5-12-8-3-1-2-4-11(8)19-20-12/h1-4,9-10H,5-7H2,(H,19,20)(H,23,24)/t9-,10-/m1/s1. The van der Waals surface area contributed by atoms with Crippen LogP contribution in [0.25, 0.3) is 10.9 Å². The van der Waals surface area contributed by atoms with Crippen molar-refractivity contribution in [2.24, 2.45) is 11.8 Å². The van der Waals surface area contributed by atoms with E-state index < -0.39 is 43.0 Å². The van der Waals surface area contributed by atoms with Gasteiger partial charge in [0.2, 0.25) is 5.91 Å². The van der Waals surface area contributed by atoms with E-state index in [4.69, 9.17) is 5.11 Å². The molecule has 2 aromatic rings. The molecule has 2 N–H and O–H groups in total. The van der Waals surface area contributed by atoms with Crippen molar-refractivity contribution in [2.75, 3.05) is 13.1 Å². The van der Waals surface area contributed by atoms with Gasteiger partial charge in [-0.25, -0.2) is 0 Å². The van der Waals surface area contributed by atoms with Crippen LogP contribution in [0.4, 0.5) is 13.2 Å². The van der Waals surface area contributed by atoms with Gasteiger partial charge >= 0.3 is 12.1 Å². The van der Waals surface area contributed by atoms with E-state index in [1.807, 2.05) is 0 Å². The second-order valence-electron chi connectivity index (χ2n) is 5.79. The topological polar surface area (TPSA) is 86.3 Å². The third-order valence-electron chi connectivity index (χ3n) is 4.28. The van der Waals surface area contributed by atoms with E-state index >= 15 is 0 Å². The van der Waals surface area contributed by atoms with Crippen molar-refractivity contribution in [2.45, 2.75) is 12.6 Å². The van der Waals surface area contributed by atoms with Crippen molar-refractivity contribution in [1.82, 2.24) is 15.1 Å². The summed E-state index contributed by atoms with van der Waals surface area (Å²) in [6, 6.07) is 7.04. The summed E-state index contributed by atoms with van der Waals surface area (Å²) < 4.78 is 38.9. The number of halogens is 3. The summed E-state index contributed by atoms with van der Waals surface area (Å²) >= 11 is 0. The Labute approximate surface area is 134 Å². The van der Waals surface area contributed by atoms with Crippen LogP contribution < -0.4 is 0 Å². The van der Waals surface area contributed by atoms with E-state index in [1.54, 1.807) is 24.3 Å². The van der Waals surface area contributed by atoms with Gasteiger partial charge in [-0.05, 0) is 6.07 Å². The van der Waals surface area contributed by atoms with Crippen molar-refractivity contribution in [1.29, 1.82) is 0 Å². The van der Waals surface area contributed by atoms with Gasteiger partial charge in [-0.15, -0.1) is 0 Å². The average molecular weight is 341 g/mol. The minimum atomic E-state index is -4.65. The fraction of sp³-hybridized carbons (Fsp3) is 0.400. The molecule has 0 saturated carbocycles. The average Bonchev–Trinajstić information content (AvgIpc) is 3.11. The molecule has 0 aliphatic carbocycles. The van der Waals surface area contributed by atoms with Crippen LogP contribution >= 0.6 is 0 Å². The zero-order valence-electron chi connectivity index (χ0n) is 12.4. The Morgan fingerprint density at radius 2 is 2.00 bits per heavy atom. The number of H-pyrrole nitrogens is 1. The number of nitrogens with one attached hydrogen (secondary N) is 1. The number of fused-ring (bicyclic) bond motifs is 1. The van der Waals surface area contributed by atoms with E-state index in [9.17, 15) is 22.8 Å².